The zero-order valence-corrected chi connectivity index (χ0v) is 10.6. The molecule has 0 aromatic heterocycles. The molecule has 3 nitrogen and oxygen atoms in total. The lowest BCUT2D eigenvalue weighted by Gasteiger charge is -2.27. The molecule has 0 spiro atoms. The molecule has 1 amide bonds. The van der Waals surface area contributed by atoms with Gasteiger partial charge in [-0.15, -0.1) is 11.6 Å². The van der Waals surface area contributed by atoms with Crippen LogP contribution >= 0.6 is 11.6 Å². The lowest BCUT2D eigenvalue weighted by molar-refractivity contribution is -0.174. The van der Waals surface area contributed by atoms with Gasteiger partial charge in [0.1, 0.15) is 6.61 Å². The molecule has 0 saturated carbocycles. The lowest BCUT2D eigenvalue weighted by atomic mass is 10.0. The summed E-state index contributed by atoms with van der Waals surface area (Å²) in [7, 11) is 0. The monoisotopic (exact) mass is 275 g/mol. The van der Waals surface area contributed by atoms with E-state index in [1.807, 2.05) is 6.92 Å². The second-order valence-corrected chi connectivity index (χ2v) is 4.28. The van der Waals surface area contributed by atoms with Gasteiger partial charge in [0.05, 0.1) is 12.1 Å². The van der Waals surface area contributed by atoms with Gasteiger partial charge in [0.2, 0.25) is 5.91 Å². The third-order valence-corrected chi connectivity index (χ3v) is 2.85. The molecule has 0 saturated heterocycles. The van der Waals surface area contributed by atoms with Crippen molar-refractivity contribution in [3.8, 4) is 0 Å². The average Bonchev–Trinajstić information content (AvgIpc) is 2.23. The van der Waals surface area contributed by atoms with E-state index in [0.29, 0.717) is 6.42 Å². The van der Waals surface area contributed by atoms with Gasteiger partial charge in [-0.2, -0.15) is 13.2 Å². The van der Waals surface area contributed by atoms with Gasteiger partial charge in [0.25, 0.3) is 0 Å². The van der Waals surface area contributed by atoms with Crippen molar-refractivity contribution in [1.82, 2.24) is 5.32 Å². The molecule has 102 valence electrons. The van der Waals surface area contributed by atoms with E-state index < -0.39 is 18.3 Å². The fourth-order valence-electron chi connectivity index (χ4n) is 0.968. The molecule has 0 aliphatic carbocycles. The molecule has 0 heterocycles. The Morgan fingerprint density at radius 3 is 2.41 bits per heavy atom. The molecule has 0 aliphatic rings. The smallest absolute Gasteiger partial charge is 0.372 e. The first-order valence-corrected chi connectivity index (χ1v) is 5.77. The highest BCUT2D eigenvalue weighted by atomic mass is 35.5. The predicted molar refractivity (Wildman–Crippen MR) is 59.0 cm³/mol. The first kappa shape index (κ1) is 16.5. The molecule has 1 N–H and O–H groups in total. The number of carbonyl (C=O) groups is 1. The van der Waals surface area contributed by atoms with E-state index >= 15 is 0 Å². The van der Waals surface area contributed by atoms with Crippen LogP contribution in [-0.4, -0.2) is 36.7 Å². The number of carbonyl (C=O) groups excluding carboxylic acids is 1. The third kappa shape index (κ3) is 8.26. The minimum atomic E-state index is -4.36. The molecule has 0 aromatic rings. The highest BCUT2D eigenvalue weighted by Crippen LogP contribution is 2.14. The largest absolute Gasteiger partial charge is 0.411 e. The molecule has 1 unspecified atom stereocenters. The summed E-state index contributed by atoms with van der Waals surface area (Å²) in [4.78, 5) is 11.4. The Morgan fingerprint density at radius 1 is 1.41 bits per heavy atom. The number of hydrogen-bond donors (Lipinski definition) is 1. The van der Waals surface area contributed by atoms with E-state index in [2.05, 4.69) is 10.1 Å². The Bertz CT molecular complexity index is 242. The van der Waals surface area contributed by atoms with Crippen LogP contribution in [0.2, 0.25) is 0 Å². The van der Waals surface area contributed by atoms with E-state index in [4.69, 9.17) is 11.6 Å². The van der Waals surface area contributed by atoms with Crippen LogP contribution in [-0.2, 0) is 9.53 Å². The first-order chi connectivity index (χ1) is 7.72. The van der Waals surface area contributed by atoms with Crippen LogP contribution in [0.5, 0.6) is 0 Å². The molecule has 0 fully saturated rings. The third-order valence-electron chi connectivity index (χ3n) is 2.26. The summed E-state index contributed by atoms with van der Waals surface area (Å²) in [5, 5.41) is 2.66. The maximum Gasteiger partial charge on any atom is 0.411 e. The maximum absolute atomic E-state index is 11.7. The van der Waals surface area contributed by atoms with Crippen LogP contribution in [0.15, 0.2) is 0 Å². The van der Waals surface area contributed by atoms with Gasteiger partial charge in [-0.25, -0.2) is 0 Å². The fraction of sp³-hybridized carbons (Fsp3) is 0.900. The second kappa shape index (κ2) is 7.06. The Morgan fingerprint density at radius 2 is 2.00 bits per heavy atom. The van der Waals surface area contributed by atoms with Gasteiger partial charge in [-0.1, -0.05) is 6.92 Å². The molecule has 7 heteroatoms. The molecule has 0 bridgehead atoms. The van der Waals surface area contributed by atoms with Gasteiger partial charge >= 0.3 is 6.18 Å². The highest BCUT2D eigenvalue weighted by Gasteiger charge is 2.27. The zero-order chi connectivity index (χ0) is 13.5. The lowest BCUT2D eigenvalue weighted by Crippen LogP contribution is -2.47. The number of nitrogens with one attached hydrogen (secondary N) is 1. The number of alkyl halides is 4. The number of halogens is 4. The topological polar surface area (TPSA) is 38.3 Å². The summed E-state index contributed by atoms with van der Waals surface area (Å²) in [5.74, 6) is -0.115. The number of rotatable bonds is 7. The van der Waals surface area contributed by atoms with Crippen LogP contribution in [0.3, 0.4) is 0 Å². The summed E-state index contributed by atoms with van der Waals surface area (Å²) in [6.07, 6.45) is -3.82. The highest BCUT2D eigenvalue weighted by molar-refractivity contribution is 6.18. The standard InChI is InChI=1S/C10H17ClF3NO2/c1-3-9(2,6-11)15-8(16)4-5-17-7-10(12,13)14/h3-7H2,1-2H3,(H,15,16). The van der Waals surface area contributed by atoms with Crippen LogP contribution in [0.4, 0.5) is 13.2 Å². The molecular weight excluding hydrogens is 259 g/mol. The minimum Gasteiger partial charge on any atom is -0.372 e. The zero-order valence-electron chi connectivity index (χ0n) is 9.86. The Balaban J connectivity index is 3.81. The van der Waals surface area contributed by atoms with E-state index in [1.54, 1.807) is 6.92 Å². The van der Waals surface area contributed by atoms with Crippen LogP contribution < -0.4 is 5.32 Å². The predicted octanol–water partition coefficient (Wildman–Crippen LogP) is 2.48. The summed E-state index contributed by atoms with van der Waals surface area (Å²) < 4.78 is 39.5. The summed E-state index contributed by atoms with van der Waals surface area (Å²) in [6, 6.07) is 0. The van der Waals surface area contributed by atoms with Crippen molar-refractivity contribution in [2.45, 2.75) is 38.4 Å². The first-order valence-electron chi connectivity index (χ1n) is 5.24. The van der Waals surface area contributed by atoms with Crippen LogP contribution in [0.25, 0.3) is 0 Å². The van der Waals surface area contributed by atoms with Gasteiger partial charge < -0.3 is 10.1 Å². The fourth-order valence-corrected chi connectivity index (χ4v) is 1.22. The van der Waals surface area contributed by atoms with Crippen molar-refractivity contribution in [2.24, 2.45) is 0 Å². The Kier molecular flexibility index (Phi) is 6.85. The van der Waals surface area contributed by atoms with Crippen LogP contribution in [0, 0.1) is 0 Å². The number of ether oxygens (including phenoxy) is 1. The molecule has 17 heavy (non-hydrogen) atoms. The molecule has 0 aliphatic heterocycles. The van der Waals surface area contributed by atoms with Crippen molar-refractivity contribution < 1.29 is 22.7 Å². The minimum absolute atomic E-state index is 0.109. The molecular formula is C10H17ClF3NO2. The van der Waals surface area contributed by atoms with E-state index in [-0.39, 0.29) is 24.8 Å². The van der Waals surface area contributed by atoms with Gasteiger partial charge in [0.15, 0.2) is 0 Å². The van der Waals surface area contributed by atoms with E-state index in [9.17, 15) is 18.0 Å². The average molecular weight is 276 g/mol. The molecule has 0 radical (unpaired) electrons. The molecule has 0 rings (SSSR count). The summed E-state index contributed by atoms with van der Waals surface area (Å²) >= 11 is 5.68. The molecule has 0 aromatic carbocycles. The SMILES string of the molecule is CCC(C)(CCl)NC(=O)CCOCC(F)(F)F. The van der Waals surface area contributed by atoms with Crippen molar-refractivity contribution in [3.63, 3.8) is 0 Å². The molecule has 1 atom stereocenters. The van der Waals surface area contributed by atoms with Crippen molar-refractivity contribution in [3.05, 3.63) is 0 Å². The van der Waals surface area contributed by atoms with Crippen molar-refractivity contribution in [2.75, 3.05) is 19.1 Å². The maximum atomic E-state index is 11.7. The normalized spacial score (nSPS) is 15.4. The van der Waals surface area contributed by atoms with E-state index in [1.165, 1.54) is 0 Å². The number of hydrogen-bond acceptors (Lipinski definition) is 2. The van der Waals surface area contributed by atoms with Crippen molar-refractivity contribution >= 4 is 17.5 Å². The van der Waals surface area contributed by atoms with Gasteiger partial charge in [-0.3, -0.25) is 4.79 Å². The quantitative estimate of drug-likeness (QED) is 0.573. The Hall–Kier alpha value is -0.490. The van der Waals surface area contributed by atoms with E-state index in [0.717, 1.165) is 0 Å². The van der Waals surface area contributed by atoms with Gasteiger partial charge in [0, 0.05) is 12.3 Å². The Labute approximate surface area is 104 Å². The van der Waals surface area contributed by atoms with Crippen molar-refractivity contribution in [1.29, 1.82) is 0 Å². The van der Waals surface area contributed by atoms with Gasteiger partial charge in [-0.05, 0) is 13.3 Å². The summed E-state index contributed by atoms with van der Waals surface area (Å²) in [6.45, 7) is 2.05. The second-order valence-electron chi connectivity index (χ2n) is 4.01. The summed E-state index contributed by atoms with van der Waals surface area (Å²) in [5.41, 5.74) is -0.525. The van der Waals surface area contributed by atoms with Crippen LogP contribution in [0.1, 0.15) is 26.7 Å². The number of amides is 1.